The molecule has 0 fully saturated rings. The van der Waals surface area contributed by atoms with Crippen molar-refractivity contribution in [3.8, 4) is 5.75 Å². The summed E-state index contributed by atoms with van der Waals surface area (Å²) in [5, 5.41) is 0. The summed E-state index contributed by atoms with van der Waals surface area (Å²) in [6.07, 6.45) is 0. The van der Waals surface area contributed by atoms with Crippen LogP contribution in [0.2, 0.25) is 0 Å². The Bertz CT molecular complexity index is 702. The standard InChI is InChI=1S/C14H16N2O4S/c1-20-13-8-7-11(9-14(13)21(17,18)19)10-15-16-12-5-3-2-4-6-12/h2-9,15-16H,10H2,1H3,(H,17,18,19). The third-order valence-corrected chi connectivity index (χ3v) is 3.68. The molecule has 0 aliphatic carbocycles. The van der Waals surface area contributed by atoms with Crippen LogP contribution in [-0.4, -0.2) is 20.1 Å². The average molecular weight is 308 g/mol. The number of hydrazine groups is 1. The largest absolute Gasteiger partial charge is 0.495 e. The van der Waals surface area contributed by atoms with Gasteiger partial charge in [0.2, 0.25) is 0 Å². The van der Waals surface area contributed by atoms with Gasteiger partial charge in [0.05, 0.1) is 7.11 Å². The van der Waals surface area contributed by atoms with Gasteiger partial charge in [-0.25, -0.2) is 5.43 Å². The number of anilines is 1. The molecule has 0 saturated carbocycles. The van der Waals surface area contributed by atoms with E-state index in [-0.39, 0.29) is 10.6 Å². The fourth-order valence-electron chi connectivity index (χ4n) is 1.80. The van der Waals surface area contributed by atoms with Crippen LogP contribution in [0, 0.1) is 0 Å². The smallest absolute Gasteiger partial charge is 0.298 e. The van der Waals surface area contributed by atoms with E-state index in [2.05, 4.69) is 10.9 Å². The first-order chi connectivity index (χ1) is 10.0. The van der Waals surface area contributed by atoms with Crippen LogP contribution in [0.3, 0.4) is 0 Å². The van der Waals surface area contributed by atoms with E-state index in [1.54, 1.807) is 6.07 Å². The third kappa shape index (κ3) is 4.19. The van der Waals surface area contributed by atoms with Crippen molar-refractivity contribution in [3.63, 3.8) is 0 Å². The molecule has 0 unspecified atom stereocenters. The van der Waals surface area contributed by atoms with Crippen LogP contribution in [0.4, 0.5) is 5.69 Å². The second-order valence-corrected chi connectivity index (χ2v) is 5.69. The lowest BCUT2D eigenvalue weighted by molar-refractivity contribution is 0.397. The molecule has 112 valence electrons. The Morgan fingerprint density at radius 2 is 1.86 bits per heavy atom. The van der Waals surface area contributed by atoms with Crippen molar-refractivity contribution in [1.82, 2.24) is 5.43 Å². The van der Waals surface area contributed by atoms with E-state index in [4.69, 9.17) is 4.74 Å². The van der Waals surface area contributed by atoms with E-state index in [1.807, 2.05) is 30.3 Å². The molecule has 0 aliphatic heterocycles. The van der Waals surface area contributed by atoms with E-state index >= 15 is 0 Å². The zero-order valence-electron chi connectivity index (χ0n) is 11.4. The van der Waals surface area contributed by atoms with Crippen molar-refractivity contribution >= 4 is 15.8 Å². The molecule has 0 heterocycles. The Morgan fingerprint density at radius 1 is 1.14 bits per heavy atom. The van der Waals surface area contributed by atoms with Gasteiger partial charge < -0.3 is 10.2 Å². The van der Waals surface area contributed by atoms with Crippen LogP contribution in [-0.2, 0) is 16.7 Å². The van der Waals surface area contributed by atoms with Gasteiger partial charge in [0.25, 0.3) is 10.1 Å². The molecular weight excluding hydrogens is 292 g/mol. The van der Waals surface area contributed by atoms with Gasteiger partial charge in [-0.15, -0.1) is 0 Å². The molecule has 2 aromatic rings. The lowest BCUT2D eigenvalue weighted by atomic mass is 10.2. The van der Waals surface area contributed by atoms with Crippen molar-refractivity contribution in [1.29, 1.82) is 0 Å². The Labute approximate surface area is 123 Å². The van der Waals surface area contributed by atoms with Gasteiger partial charge in [-0.3, -0.25) is 4.55 Å². The minimum Gasteiger partial charge on any atom is -0.495 e. The summed E-state index contributed by atoms with van der Waals surface area (Å²) in [5.74, 6) is 0.109. The molecule has 0 atom stereocenters. The second kappa shape index (κ2) is 6.57. The lowest BCUT2D eigenvalue weighted by Crippen LogP contribution is -2.21. The molecule has 3 N–H and O–H groups in total. The molecule has 0 aromatic heterocycles. The summed E-state index contributed by atoms with van der Waals surface area (Å²) in [5.41, 5.74) is 7.53. The molecule has 0 spiro atoms. The van der Waals surface area contributed by atoms with Crippen LogP contribution in [0.1, 0.15) is 5.56 Å². The summed E-state index contributed by atoms with van der Waals surface area (Å²) in [6.45, 7) is 0.376. The number of methoxy groups -OCH3 is 1. The van der Waals surface area contributed by atoms with Crippen LogP contribution >= 0.6 is 0 Å². The Balaban J connectivity index is 2.07. The highest BCUT2D eigenvalue weighted by Gasteiger charge is 2.16. The molecule has 0 bridgehead atoms. The predicted octanol–water partition coefficient (Wildman–Crippen LogP) is 2.06. The molecule has 2 aromatic carbocycles. The fourth-order valence-corrected chi connectivity index (χ4v) is 2.51. The summed E-state index contributed by atoms with van der Waals surface area (Å²) < 4.78 is 36.7. The van der Waals surface area contributed by atoms with E-state index in [1.165, 1.54) is 19.2 Å². The zero-order chi connectivity index (χ0) is 15.3. The lowest BCUT2D eigenvalue weighted by Gasteiger charge is -2.11. The monoisotopic (exact) mass is 308 g/mol. The topological polar surface area (TPSA) is 87.7 Å². The maximum atomic E-state index is 11.3. The maximum absolute atomic E-state index is 11.3. The Morgan fingerprint density at radius 3 is 2.48 bits per heavy atom. The van der Waals surface area contributed by atoms with E-state index in [9.17, 15) is 13.0 Å². The minimum absolute atomic E-state index is 0.109. The van der Waals surface area contributed by atoms with Gasteiger partial charge in [-0.05, 0) is 29.8 Å². The molecule has 0 saturated heterocycles. The van der Waals surface area contributed by atoms with Gasteiger partial charge in [0.1, 0.15) is 10.6 Å². The third-order valence-electron chi connectivity index (χ3n) is 2.80. The first-order valence-corrected chi connectivity index (χ1v) is 7.63. The maximum Gasteiger partial charge on any atom is 0.298 e. The van der Waals surface area contributed by atoms with Gasteiger partial charge in [-0.1, -0.05) is 24.3 Å². The normalized spacial score (nSPS) is 11.1. The number of hydrogen-bond acceptors (Lipinski definition) is 5. The highest BCUT2D eigenvalue weighted by atomic mass is 32.2. The molecule has 0 aliphatic rings. The number of nitrogens with one attached hydrogen (secondary N) is 2. The van der Waals surface area contributed by atoms with E-state index in [0.717, 1.165) is 5.69 Å². The summed E-state index contributed by atoms with van der Waals surface area (Å²) in [6, 6.07) is 14.1. The van der Waals surface area contributed by atoms with Gasteiger partial charge in [-0.2, -0.15) is 8.42 Å². The molecule has 6 nitrogen and oxygen atoms in total. The van der Waals surface area contributed by atoms with Crippen LogP contribution in [0.15, 0.2) is 53.4 Å². The number of hydrogen-bond donors (Lipinski definition) is 3. The fraction of sp³-hybridized carbons (Fsp3) is 0.143. The Kier molecular flexibility index (Phi) is 4.79. The van der Waals surface area contributed by atoms with Crippen molar-refractivity contribution in [2.75, 3.05) is 12.5 Å². The number of para-hydroxylation sites is 1. The molecule has 2 rings (SSSR count). The van der Waals surface area contributed by atoms with Gasteiger partial charge in [0, 0.05) is 12.2 Å². The first kappa shape index (κ1) is 15.3. The van der Waals surface area contributed by atoms with E-state index < -0.39 is 10.1 Å². The van der Waals surface area contributed by atoms with E-state index in [0.29, 0.717) is 12.1 Å². The van der Waals surface area contributed by atoms with Crippen LogP contribution in [0.25, 0.3) is 0 Å². The number of ether oxygens (including phenoxy) is 1. The molecule has 0 radical (unpaired) electrons. The number of rotatable bonds is 6. The molecular formula is C14H16N2O4S. The van der Waals surface area contributed by atoms with Crippen molar-refractivity contribution < 1.29 is 17.7 Å². The Hall–Kier alpha value is -2.09. The summed E-state index contributed by atoms with van der Waals surface area (Å²) >= 11 is 0. The van der Waals surface area contributed by atoms with Crippen LogP contribution < -0.4 is 15.6 Å². The average Bonchev–Trinajstić information content (AvgIpc) is 2.47. The molecule has 7 heteroatoms. The number of benzene rings is 2. The first-order valence-electron chi connectivity index (χ1n) is 6.19. The highest BCUT2D eigenvalue weighted by Crippen LogP contribution is 2.24. The zero-order valence-corrected chi connectivity index (χ0v) is 12.2. The summed E-state index contributed by atoms with van der Waals surface area (Å²) in [7, 11) is -2.97. The van der Waals surface area contributed by atoms with Crippen molar-refractivity contribution in [2.24, 2.45) is 0 Å². The highest BCUT2D eigenvalue weighted by molar-refractivity contribution is 7.86. The minimum atomic E-state index is -4.32. The van der Waals surface area contributed by atoms with Crippen molar-refractivity contribution in [3.05, 3.63) is 54.1 Å². The van der Waals surface area contributed by atoms with Gasteiger partial charge in [0.15, 0.2) is 0 Å². The molecule has 0 amide bonds. The van der Waals surface area contributed by atoms with Crippen LogP contribution in [0.5, 0.6) is 5.75 Å². The summed E-state index contributed by atoms with van der Waals surface area (Å²) in [4.78, 5) is -0.246. The predicted molar refractivity (Wildman–Crippen MR) is 79.7 cm³/mol. The second-order valence-electron chi connectivity index (χ2n) is 4.30. The van der Waals surface area contributed by atoms with Gasteiger partial charge >= 0.3 is 0 Å². The molecule has 21 heavy (non-hydrogen) atoms. The van der Waals surface area contributed by atoms with Crippen molar-refractivity contribution in [2.45, 2.75) is 11.4 Å². The quantitative estimate of drug-likeness (QED) is 0.559. The SMILES string of the molecule is COc1ccc(CNNc2ccccc2)cc1S(=O)(=O)O.